The number of fused-ring (bicyclic) bond motifs is 3. The molecule has 18 heavy (non-hydrogen) atoms. The van der Waals surface area contributed by atoms with E-state index in [4.69, 9.17) is 0 Å². The molecule has 1 atom stereocenters. The Hall–Kier alpha value is -1.49. The maximum Gasteiger partial charge on any atom is 0.416 e. The lowest BCUT2D eigenvalue weighted by Gasteiger charge is -2.24. The van der Waals surface area contributed by atoms with Gasteiger partial charge in [-0.25, -0.2) is 0 Å². The van der Waals surface area contributed by atoms with Crippen LogP contribution in [0.15, 0.2) is 24.3 Å². The minimum atomic E-state index is -4.28. The zero-order chi connectivity index (χ0) is 12.9. The molecule has 0 aliphatic carbocycles. The quantitative estimate of drug-likeness (QED) is 0.763. The molecule has 0 radical (unpaired) electrons. The maximum absolute atomic E-state index is 12.7. The highest BCUT2D eigenvalue weighted by atomic mass is 19.4. The van der Waals surface area contributed by atoms with Crippen LogP contribution in [0.5, 0.6) is 0 Å². The van der Waals surface area contributed by atoms with Crippen LogP contribution in [-0.4, -0.2) is 11.1 Å². The van der Waals surface area contributed by atoms with Crippen molar-refractivity contribution < 1.29 is 13.2 Å². The van der Waals surface area contributed by atoms with Gasteiger partial charge < -0.3 is 9.88 Å². The number of nitrogens with one attached hydrogen (secondary N) is 1. The van der Waals surface area contributed by atoms with E-state index in [0.717, 1.165) is 23.7 Å². The molecule has 1 aromatic heterocycles. The van der Waals surface area contributed by atoms with E-state index in [-0.39, 0.29) is 6.04 Å². The van der Waals surface area contributed by atoms with Gasteiger partial charge in [-0.05, 0) is 30.5 Å². The Morgan fingerprint density at radius 1 is 1.28 bits per heavy atom. The molecule has 1 N–H and O–H groups in total. The Kier molecular flexibility index (Phi) is 2.41. The monoisotopic (exact) mass is 254 g/mol. The molecule has 2 aromatic rings. The van der Waals surface area contributed by atoms with Crippen molar-refractivity contribution in [2.45, 2.75) is 25.7 Å². The fourth-order valence-corrected chi connectivity index (χ4v) is 2.61. The standard InChI is InChI=1S/C13H13F3N2/c1-8-6-17-7-11-4-9-2-3-10(13(14,15)16)5-12(9)18(8)11/h2-5,8,17H,6-7H2,1H3/t8-/m1/s1. The van der Waals surface area contributed by atoms with Crippen molar-refractivity contribution in [1.29, 1.82) is 0 Å². The van der Waals surface area contributed by atoms with Gasteiger partial charge >= 0.3 is 6.18 Å². The van der Waals surface area contributed by atoms with Gasteiger partial charge in [0.2, 0.25) is 0 Å². The average molecular weight is 254 g/mol. The van der Waals surface area contributed by atoms with E-state index in [9.17, 15) is 13.2 Å². The highest BCUT2D eigenvalue weighted by Gasteiger charge is 2.31. The molecule has 5 heteroatoms. The third kappa shape index (κ3) is 1.70. The molecule has 0 bridgehead atoms. The van der Waals surface area contributed by atoms with E-state index in [1.165, 1.54) is 6.07 Å². The first-order valence-electron chi connectivity index (χ1n) is 5.88. The number of aromatic nitrogens is 1. The lowest BCUT2D eigenvalue weighted by Crippen LogP contribution is -2.30. The van der Waals surface area contributed by atoms with Crippen molar-refractivity contribution in [1.82, 2.24) is 9.88 Å². The topological polar surface area (TPSA) is 17.0 Å². The minimum absolute atomic E-state index is 0.176. The smallest absolute Gasteiger partial charge is 0.339 e. The lowest BCUT2D eigenvalue weighted by atomic mass is 10.1. The summed E-state index contributed by atoms with van der Waals surface area (Å²) in [6, 6.07) is 6.08. The summed E-state index contributed by atoms with van der Waals surface area (Å²) >= 11 is 0. The molecular formula is C13H13F3N2. The number of hydrogen-bond acceptors (Lipinski definition) is 1. The van der Waals surface area contributed by atoms with E-state index >= 15 is 0 Å². The van der Waals surface area contributed by atoms with Gasteiger partial charge in [-0.15, -0.1) is 0 Å². The molecule has 0 spiro atoms. The molecule has 0 unspecified atom stereocenters. The van der Waals surface area contributed by atoms with Crippen LogP contribution in [0, 0.1) is 0 Å². The van der Waals surface area contributed by atoms with Gasteiger partial charge in [-0.3, -0.25) is 0 Å². The van der Waals surface area contributed by atoms with Gasteiger partial charge in [0.15, 0.2) is 0 Å². The van der Waals surface area contributed by atoms with Crippen LogP contribution in [0.1, 0.15) is 24.2 Å². The van der Waals surface area contributed by atoms with Crippen LogP contribution in [0.25, 0.3) is 10.9 Å². The summed E-state index contributed by atoms with van der Waals surface area (Å²) in [4.78, 5) is 0. The first-order chi connectivity index (χ1) is 8.47. The highest BCUT2D eigenvalue weighted by Crippen LogP contribution is 2.34. The fourth-order valence-electron chi connectivity index (χ4n) is 2.61. The summed E-state index contributed by atoms with van der Waals surface area (Å²) in [7, 11) is 0. The van der Waals surface area contributed by atoms with Crippen molar-refractivity contribution in [3.05, 3.63) is 35.5 Å². The molecule has 1 aromatic carbocycles. The second kappa shape index (κ2) is 3.75. The Morgan fingerprint density at radius 2 is 2.06 bits per heavy atom. The van der Waals surface area contributed by atoms with E-state index in [1.807, 2.05) is 17.6 Å². The van der Waals surface area contributed by atoms with Gasteiger partial charge in [0.25, 0.3) is 0 Å². The maximum atomic E-state index is 12.7. The number of benzene rings is 1. The van der Waals surface area contributed by atoms with Crippen LogP contribution >= 0.6 is 0 Å². The Balaban J connectivity index is 2.24. The van der Waals surface area contributed by atoms with Crippen molar-refractivity contribution in [3.63, 3.8) is 0 Å². The van der Waals surface area contributed by atoms with Crippen LogP contribution in [-0.2, 0) is 12.7 Å². The van der Waals surface area contributed by atoms with Gasteiger partial charge in [-0.1, -0.05) is 6.07 Å². The Morgan fingerprint density at radius 3 is 2.78 bits per heavy atom. The van der Waals surface area contributed by atoms with Crippen molar-refractivity contribution >= 4 is 10.9 Å². The number of nitrogens with zero attached hydrogens (tertiary/aromatic N) is 1. The zero-order valence-electron chi connectivity index (χ0n) is 9.88. The first-order valence-corrected chi connectivity index (χ1v) is 5.88. The second-order valence-electron chi connectivity index (χ2n) is 4.76. The van der Waals surface area contributed by atoms with Gasteiger partial charge in [-0.2, -0.15) is 13.2 Å². The van der Waals surface area contributed by atoms with Gasteiger partial charge in [0, 0.05) is 30.3 Å². The predicted octanol–water partition coefficient (Wildman–Crippen LogP) is 3.32. The van der Waals surface area contributed by atoms with E-state index in [2.05, 4.69) is 5.32 Å². The number of rotatable bonds is 0. The molecule has 0 fully saturated rings. The number of halogens is 3. The molecular weight excluding hydrogens is 241 g/mol. The molecule has 1 aliphatic rings. The molecule has 2 nitrogen and oxygen atoms in total. The number of alkyl halides is 3. The van der Waals surface area contributed by atoms with Crippen LogP contribution in [0.3, 0.4) is 0 Å². The average Bonchev–Trinajstić information content (AvgIpc) is 2.66. The molecule has 0 saturated heterocycles. The third-order valence-electron chi connectivity index (χ3n) is 3.44. The number of hydrogen-bond donors (Lipinski definition) is 1. The van der Waals surface area contributed by atoms with Crippen molar-refractivity contribution in [3.8, 4) is 0 Å². The van der Waals surface area contributed by atoms with E-state index in [0.29, 0.717) is 12.1 Å². The summed E-state index contributed by atoms with van der Waals surface area (Å²) in [5.41, 5.74) is 1.14. The van der Waals surface area contributed by atoms with Gasteiger partial charge in [0.1, 0.15) is 0 Å². The normalized spacial score (nSPS) is 20.1. The third-order valence-corrected chi connectivity index (χ3v) is 3.44. The molecule has 96 valence electrons. The SMILES string of the molecule is C[C@@H]1CNCc2cc3ccc(C(F)(F)F)cc3n21. The van der Waals surface area contributed by atoms with Crippen molar-refractivity contribution in [2.24, 2.45) is 0 Å². The summed E-state index contributed by atoms with van der Waals surface area (Å²) in [5, 5.41) is 4.12. The lowest BCUT2D eigenvalue weighted by molar-refractivity contribution is -0.137. The fraction of sp³-hybridized carbons (Fsp3) is 0.385. The first kappa shape index (κ1) is 11.6. The summed E-state index contributed by atoms with van der Waals surface area (Å²) in [6.07, 6.45) is -4.28. The summed E-state index contributed by atoms with van der Waals surface area (Å²) < 4.78 is 40.2. The Bertz CT molecular complexity index is 598. The molecule has 0 saturated carbocycles. The summed E-state index contributed by atoms with van der Waals surface area (Å²) in [5.74, 6) is 0. The van der Waals surface area contributed by atoms with Crippen molar-refractivity contribution in [2.75, 3.05) is 6.54 Å². The minimum Gasteiger partial charge on any atom is -0.339 e. The Labute approximate surface area is 102 Å². The molecule has 2 heterocycles. The zero-order valence-corrected chi connectivity index (χ0v) is 9.88. The largest absolute Gasteiger partial charge is 0.416 e. The predicted molar refractivity (Wildman–Crippen MR) is 63.4 cm³/mol. The molecule has 0 amide bonds. The van der Waals surface area contributed by atoms with Crippen LogP contribution in [0.2, 0.25) is 0 Å². The van der Waals surface area contributed by atoms with Gasteiger partial charge in [0.05, 0.1) is 5.56 Å². The van der Waals surface area contributed by atoms with Crippen LogP contribution in [0.4, 0.5) is 13.2 Å². The van der Waals surface area contributed by atoms with Crippen LogP contribution < -0.4 is 5.32 Å². The molecule has 1 aliphatic heterocycles. The van der Waals surface area contributed by atoms with E-state index < -0.39 is 11.7 Å². The highest BCUT2D eigenvalue weighted by molar-refractivity contribution is 5.82. The second-order valence-corrected chi connectivity index (χ2v) is 4.76. The van der Waals surface area contributed by atoms with E-state index in [1.54, 1.807) is 6.07 Å². The molecule has 3 rings (SSSR count). The summed E-state index contributed by atoms with van der Waals surface area (Å²) in [6.45, 7) is 3.50.